The van der Waals surface area contributed by atoms with Gasteiger partial charge in [-0.3, -0.25) is 9.89 Å². The standard InChI is InChI=1S/C14H15N3O3/c1-7-5-4-6-10(14(19)20)12(7)15-13(18)11-8(2)16-17-9(11)3/h4-6H,1-3H3,(H,15,18)(H,16,17)(H,19,20). The molecular formula is C14H15N3O3. The molecule has 20 heavy (non-hydrogen) atoms. The van der Waals surface area contributed by atoms with Gasteiger partial charge in [-0.2, -0.15) is 5.10 Å². The van der Waals surface area contributed by atoms with Gasteiger partial charge in [0, 0.05) is 5.69 Å². The molecule has 6 heteroatoms. The fourth-order valence-corrected chi connectivity index (χ4v) is 2.07. The highest BCUT2D eigenvalue weighted by molar-refractivity contribution is 6.09. The first-order valence-corrected chi connectivity index (χ1v) is 6.07. The molecule has 6 nitrogen and oxygen atoms in total. The number of aromatic nitrogens is 2. The Hall–Kier alpha value is -2.63. The van der Waals surface area contributed by atoms with Crippen molar-refractivity contribution in [3.05, 3.63) is 46.3 Å². The maximum Gasteiger partial charge on any atom is 0.337 e. The van der Waals surface area contributed by atoms with Gasteiger partial charge in [-0.15, -0.1) is 0 Å². The van der Waals surface area contributed by atoms with Gasteiger partial charge >= 0.3 is 5.97 Å². The molecule has 0 radical (unpaired) electrons. The summed E-state index contributed by atoms with van der Waals surface area (Å²) in [5, 5.41) is 18.5. The number of rotatable bonds is 3. The van der Waals surface area contributed by atoms with E-state index >= 15 is 0 Å². The summed E-state index contributed by atoms with van der Waals surface area (Å²) >= 11 is 0. The van der Waals surface area contributed by atoms with Crippen LogP contribution in [-0.4, -0.2) is 27.2 Å². The third-order valence-electron chi connectivity index (χ3n) is 3.10. The Morgan fingerprint density at radius 1 is 1.25 bits per heavy atom. The van der Waals surface area contributed by atoms with Crippen LogP contribution in [0.5, 0.6) is 0 Å². The maximum atomic E-state index is 12.3. The zero-order valence-corrected chi connectivity index (χ0v) is 11.4. The summed E-state index contributed by atoms with van der Waals surface area (Å²) in [6.45, 7) is 5.20. The molecule has 1 amide bonds. The number of carboxylic acids is 1. The van der Waals surface area contributed by atoms with E-state index in [2.05, 4.69) is 15.5 Å². The number of para-hydroxylation sites is 1. The van der Waals surface area contributed by atoms with E-state index in [9.17, 15) is 14.7 Å². The lowest BCUT2D eigenvalue weighted by Crippen LogP contribution is -2.17. The van der Waals surface area contributed by atoms with Crippen LogP contribution in [-0.2, 0) is 0 Å². The van der Waals surface area contributed by atoms with Crippen LogP contribution in [0.2, 0.25) is 0 Å². The molecule has 0 aliphatic rings. The molecule has 0 atom stereocenters. The molecule has 1 aromatic heterocycles. The first-order chi connectivity index (χ1) is 9.41. The lowest BCUT2D eigenvalue weighted by molar-refractivity contribution is 0.0698. The monoisotopic (exact) mass is 273 g/mol. The highest BCUT2D eigenvalue weighted by Gasteiger charge is 2.19. The zero-order chi connectivity index (χ0) is 14.9. The first kappa shape index (κ1) is 13.8. The number of aryl methyl sites for hydroxylation is 3. The fourth-order valence-electron chi connectivity index (χ4n) is 2.07. The molecule has 0 unspecified atom stereocenters. The average Bonchev–Trinajstić information content (AvgIpc) is 2.71. The van der Waals surface area contributed by atoms with E-state index in [1.165, 1.54) is 6.07 Å². The summed E-state index contributed by atoms with van der Waals surface area (Å²) in [5.74, 6) is -1.45. The molecule has 2 rings (SSSR count). The Labute approximate surface area is 115 Å². The minimum absolute atomic E-state index is 0.0668. The number of nitrogens with one attached hydrogen (secondary N) is 2. The minimum Gasteiger partial charge on any atom is -0.478 e. The lowest BCUT2D eigenvalue weighted by Gasteiger charge is -2.11. The number of benzene rings is 1. The van der Waals surface area contributed by atoms with Gasteiger partial charge in [-0.05, 0) is 32.4 Å². The minimum atomic E-state index is -1.08. The fraction of sp³-hybridized carbons (Fsp3) is 0.214. The van der Waals surface area contributed by atoms with Crippen molar-refractivity contribution in [2.45, 2.75) is 20.8 Å². The molecule has 104 valence electrons. The van der Waals surface area contributed by atoms with Gasteiger partial charge in [0.15, 0.2) is 0 Å². The smallest absolute Gasteiger partial charge is 0.337 e. The van der Waals surface area contributed by atoms with Crippen LogP contribution in [0.3, 0.4) is 0 Å². The van der Waals surface area contributed by atoms with E-state index < -0.39 is 5.97 Å². The van der Waals surface area contributed by atoms with Crippen LogP contribution in [0.25, 0.3) is 0 Å². The average molecular weight is 273 g/mol. The topological polar surface area (TPSA) is 95.1 Å². The number of hydrogen-bond acceptors (Lipinski definition) is 3. The number of hydrogen-bond donors (Lipinski definition) is 3. The van der Waals surface area contributed by atoms with Gasteiger partial charge in [0.05, 0.1) is 22.5 Å². The van der Waals surface area contributed by atoms with Crippen LogP contribution in [0.4, 0.5) is 5.69 Å². The summed E-state index contributed by atoms with van der Waals surface area (Å²) in [7, 11) is 0. The van der Waals surface area contributed by atoms with E-state index in [-0.39, 0.29) is 11.5 Å². The molecule has 0 aliphatic carbocycles. The highest BCUT2D eigenvalue weighted by atomic mass is 16.4. The van der Waals surface area contributed by atoms with Crippen molar-refractivity contribution in [3.63, 3.8) is 0 Å². The van der Waals surface area contributed by atoms with Crippen LogP contribution in [0.1, 0.15) is 37.7 Å². The molecule has 0 aliphatic heterocycles. The second-order valence-corrected chi connectivity index (χ2v) is 4.57. The third kappa shape index (κ3) is 2.40. The molecule has 0 bridgehead atoms. The van der Waals surface area contributed by atoms with E-state index in [1.807, 2.05) is 0 Å². The van der Waals surface area contributed by atoms with Crippen LogP contribution >= 0.6 is 0 Å². The molecule has 0 spiro atoms. The van der Waals surface area contributed by atoms with Crippen molar-refractivity contribution >= 4 is 17.6 Å². The molecule has 1 aromatic carbocycles. The number of H-pyrrole nitrogens is 1. The van der Waals surface area contributed by atoms with Gasteiger partial charge in [0.25, 0.3) is 5.91 Å². The first-order valence-electron chi connectivity index (χ1n) is 6.07. The Morgan fingerprint density at radius 2 is 1.95 bits per heavy atom. The van der Waals surface area contributed by atoms with Crippen molar-refractivity contribution in [2.24, 2.45) is 0 Å². The molecular weight excluding hydrogens is 258 g/mol. The van der Waals surface area contributed by atoms with Gasteiger partial charge < -0.3 is 10.4 Å². The SMILES string of the molecule is Cc1cccc(C(=O)O)c1NC(=O)c1c(C)n[nH]c1C. The Morgan fingerprint density at radius 3 is 2.50 bits per heavy atom. The number of carbonyl (C=O) groups is 2. The maximum absolute atomic E-state index is 12.3. The van der Waals surface area contributed by atoms with E-state index in [1.54, 1.807) is 32.9 Å². The Kier molecular flexibility index (Phi) is 3.56. The lowest BCUT2D eigenvalue weighted by atomic mass is 10.1. The number of aromatic amines is 1. The number of carboxylic acid groups (broad SMARTS) is 1. The van der Waals surface area contributed by atoms with Gasteiger partial charge in [-0.1, -0.05) is 12.1 Å². The Balaban J connectivity index is 2.40. The molecule has 2 aromatic rings. The second kappa shape index (κ2) is 5.16. The van der Waals surface area contributed by atoms with E-state index in [0.717, 1.165) is 0 Å². The number of amides is 1. The zero-order valence-electron chi connectivity index (χ0n) is 11.4. The van der Waals surface area contributed by atoms with Crippen molar-refractivity contribution < 1.29 is 14.7 Å². The Bertz CT molecular complexity index is 669. The number of nitrogens with zero attached hydrogens (tertiary/aromatic N) is 1. The predicted octanol–water partition coefficient (Wildman–Crippen LogP) is 2.29. The van der Waals surface area contributed by atoms with E-state index in [0.29, 0.717) is 28.2 Å². The van der Waals surface area contributed by atoms with Gasteiger partial charge in [-0.25, -0.2) is 4.79 Å². The molecule has 3 N–H and O–H groups in total. The molecule has 1 heterocycles. The number of carbonyl (C=O) groups excluding carboxylic acids is 1. The summed E-state index contributed by atoms with van der Waals surface area (Å²) in [6.07, 6.45) is 0. The summed E-state index contributed by atoms with van der Waals surface area (Å²) in [4.78, 5) is 23.5. The predicted molar refractivity (Wildman–Crippen MR) is 74.2 cm³/mol. The van der Waals surface area contributed by atoms with Crippen molar-refractivity contribution in [3.8, 4) is 0 Å². The van der Waals surface area contributed by atoms with Crippen molar-refractivity contribution in [1.82, 2.24) is 10.2 Å². The van der Waals surface area contributed by atoms with Crippen LogP contribution < -0.4 is 5.32 Å². The summed E-state index contributed by atoms with van der Waals surface area (Å²) in [5.41, 5.74) is 2.72. The quantitative estimate of drug-likeness (QED) is 0.799. The largest absolute Gasteiger partial charge is 0.478 e. The van der Waals surface area contributed by atoms with Crippen LogP contribution in [0.15, 0.2) is 18.2 Å². The number of aromatic carboxylic acids is 1. The highest BCUT2D eigenvalue weighted by Crippen LogP contribution is 2.22. The third-order valence-corrected chi connectivity index (χ3v) is 3.10. The second-order valence-electron chi connectivity index (χ2n) is 4.57. The van der Waals surface area contributed by atoms with E-state index in [4.69, 9.17) is 0 Å². The van der Waals surface area contributed by atoms with Gasteiger partial charge in [0.2, 0.25) is 0 Å². The molecule has 0 fully saturated rings. The molecule has 0 saturated heterocycles. The summed E-state index contributed by atoms with van der Waals surface area (Å²) < 4.78 is 0. The normalized spacial score (nSPS) is 10.3. The van der Waals surface area contributed by atoms with Gasteiger partial charge in [0.1, 0.15) is 0 Å². The van der Waals surface area contributed by atoms with Crippen molar-refractivity contribution in [1.29, 1.82) is 0 Å². The molecule has 0 saturated carbocycles. The van der Waals surface area contributed by atoms with Crippen LogP contribution in [0, 0.1) is 20.8 Å². The summed E-state index contributed by atoms with van der Waals surface area (Å²) in [6, 6.07) is 4.85. The number of anilines is 1. The van der Waals surface area contributed by atoms with Crippen molar-refractivity contribution in [2.75, 3.05) is 5.32 Å².